The molecule has 3 N–H and O–H groups in total. The number of carbonyl (C=O) groups is 1. The second-order valence-electron chi connectivity index (χ2n) is 3.18. The van der Waals surface area contributed by atoms with Crippen molar-refractivity contribution in [3.63, 3.8) is 0 Å². The molecule has 0 aliphatic heterocycles. The van der Waals surface area contributed by atoms with Gasteiger partial charge in [0.2, 0.25) is 5.91 Å². The van der Waals surface area contributed by atoms with Crippen LogP contribution in [-0.2, 0) is 4.79 Å². The lowest BCUT2D eigenvalue weighted by molar-refractivity contribution is -0.117. The second-order valence-corrected chi connectivity index (χ2v) is 3.53. The van der Waals surface area contributed by atoms with Crippen LogP contribution in [0, 0.1) is 13.8 Å². The second kappa shape index (κ2) is 4.93. The molecule has 0 saturated carbocycles. The zero-order valence-electron chi connectivity index (χ0n) is 8.67. The third-order valence-corrected chi connectivity index (χ3v) is 2.19. The van der Waals surface area contributed by atoms with Crippen LogP contribution in [0.25, 0.3) is 0 Å². The highest BCUT2D eigenvalue weighted by molar-refractivity contribution is 6.31. The molecule has 1 aromatic heterocycles. The van der Waals surface area contributed by atoms with E-state index in [1.54, 1.807) is 0 Å². The number of hydrogen-bond acceptors (Lipinski definition) is 4. The summed E-state index contributed by atoms with van der Waals surface area (Å²) in [5.74, 6) is 0.122. The van der Waals surface area contributed by atoms with Crippen LogP contribution in [0.15, 0.2) is 0 Å². The number of halogens is 1. The molecule has 0 saturated heterocycles. The number of nitrogens with one attached hydrogen (secondary N) is 1. The first kappa shape index (κ1) is 11.7. The lowest BCUT2D eigenvalue weighted by Crippen LogP contribution is -2.16. The molecular formula is C9H13ClN4O. The van der Waals surface area contributed by atoms with E-state index in [-0.39, 0.29) is 12.3 Å². The Morgan fingerprint density at radius 2 is 2.00 bits per heavy atom. The molecule has 15 heavy (non-hydrogen) atoms. The van der Waals surface area contributed by atoms with Crippen molar-refractivity contribution in [2.24, 2.45) is 5.73 Å². The van der Waals surface area contributed by atoms with Crippen molar-refractivity contribution in [2.45, 2.75) is 20.3 Å². The van der Waals surface area contributed by atoms with Crippen LogP contribution in [0.5, 0.6) is 0 Å². The zero-order valence-corrected chi connectivity index (χ0v) is 9.43. The quantitative estimate of drug-likeness (QED) is 0.807. The number of carbonyl (C=O) groups excluding carboxylic acids is 1. The Hall–Kier alpha value is -1.36. The fourth-order valence-electron chi connectivity index (χ4n) is 0.992. The molecular weight excluding hydrogens is 216 g/mol. The fraction of sp³-hybridized carbons (Fsp3) is 0.444. The number of hydrogen-bond donors (Lipinski definition) is 2. The summed E-state index contributed by atoms with van der Waals surface area (Å²) in [6.07, 6.45) is 0.241. The van der Waals surface area contributed by atoms with Gasteiger partial charge in [0.05, 0.1) is 11.4 Å². The summed E-state index contributed by atoms with van der Waals surface area (Å²) in [5.41, 5.74) is 6.60. The molecule has 0 unspecified atom stereocenters. The van der Waals surface area contributed by atoms with Crippen LogP contribution in [0.4, 0.5) is 5.82 Å². The molecule has 1 heterocycles. The van der Waals surface area contributed by atoms with Gasteiger partial charge >= 0.3 is 0 Å². The Labute approximate surface area is 93.0 Å². The van der Waals surface area contributed by atoms with Gasteiger partial charge in [-0.15, -0.1) is 0 Å². The van der Waals surface area contributed by atoms with Crippen molar-refractivity contribution in [3.8, 4) is 0 Å². The normalized spacial score (nSPS) is 10.1. The van der Waals surface area contributed by atoms with E-state index in [2.05, 4.69) is 15.3 Å². The summed E-state index contributed by atoms with van der Waals surface area (Å²) in [6, 6.07) is 0. The van der Waals surface area contributed by atoms with Crippen LogP contribution in [0.2, 0.25) is 5.15 Å². The largest absolute Gasteiger partial charge is 0.370 e. The molecule has 1 aromatic rings. The van der Waals surface area contributed by atoms with Crippen molar-refractivity contribution in [1.82, 2.24) is 9.97 Å². The number of primary amides is 1. The minimum absolute atomic E-state index is 0.241. The van der Waals surface area contributed by atoms with Crippen molar-refractivity contribution in [2.75, 3.05) is 11.9 Å². The first-order valence-corrected chi connectivity index (χ1v) is 4.91. The average Bonchev–Trinajstić information content (AvgIpc) is 2.13. The van der Waals surface area contributed by atoms with Crippen LogP contribution in [0.1, 0.15) is 17.8 Å². The lowest BCUT2D eigenvalue weighted by atomic mass is 10.3. The van der Waals surface area contributed by atoms with E-state index >= 15 is 0 Å². The van der Waals surface area contributed by atoms with Crippen LogP contribution in [0.3, 0.4) is 0 Å². The number of rotatable bonds is 4. The first-order chi connectivity index (χ1) is 7.00. The van der Waals surface area contributed by atoms with E-state index in [0.29, 0.717) is 17.5 Å². The molecule has 1 amide bonds. The molecule has 82 valence electrons. The molecule has 1 rings (SSSR count). The summed E-state index contributed by atoms with van der Waals surface area (Å²) in [4.78, 5) is 18.8. The maximum absolute atomic E-state index is 10.5. The third kappa shape index (κ3) is 3.36. The molecule has 6 heteroatoms. The van der Waals surface area contributed by atoms with Gasteiger partial charge in [-0.3, -0.25) is 4.79 Å². The molecule has 0 bridgehead atoms. The third-order valence-electron chi connectivity index (χ3n) is 1.93. The Kier molecular flexibility index (Phi) is 3.85. The molecule has 0 aliphatic rings. The fourth-order valence-corrected chi connectivity index (χ4v) is 1.23. The van der Waals surface area contributed by atoms with E-state index in [1.165, 1.54) is 0 Å². The molecule has 0 atom stereocenters. The molecule has 0 spiro atoms. The summed E-state index contributed by atoms with van der Waals surface area (Å²) in [5, 5.41) is 3.21. The van der Waals surface area contributed by atoms with Crippen molar-refractivity contribution < 1.29 is 4.79 Å². The number of anilines is 1. The van der Waals surface area contributed by atoms with Gasteiger partial charge in [0.15, 0.2) is 11.0 Å². The summed E-state index contributed by atoms with van der Waals surface area (Å²) < 4.78 is 0. The lowest BCUT2D eigenvalue weighted by Gasteiger charge is -2.07. The summed E-state index contributed by atoms with van der Waals surface area (Å²) in [6.45, 7) is 4.09. The Bertz CT molecular complexity index is 381. The van der Waals surface area contributed by atoms with E-state index in [9.17, 15) is 4.79 Å². The van der Waals surface area contributed by atoms with Gasteiger partial charge in [0.25, 0.3) is 0 Å². The van der Waals surface area contributed by atoms with Crippen LogP contribution >= 0.6 is 11.6 Å². The smallest absolute Gasteiger partial charge is 0.219 e. The van der Waals surface area contributed by atoms with E-state index in [1.807, 2.05) is 13.8 Å². The molecule has 0 aromatic carbocycles. The molecule has 0 fully saturated rings. The maximum Gasteiger partial charge on any atom is 0.219 e. The van der Waals surface area contributed by atoms with E-state index in [0.717, 1.165) is 11.4 Å². The van der Waals surface area contributed by atoms with Crippen molar-refractivity contribution in [1.29, 1.82) is 0 Å². The van der Waals surface area contributed by atoms with Crippen molar-refractivity contribution in [3.05, 3.63) is 16.5 Å². The van der Waals surface area contributed by atoms with Gasteiger partial charge in [0, 0.05) is 13.0 Å². The van der Waals surface area contributed by atoms with E-state index < -0.39 is 0 Å². The number of aromatic nitrogens is 2. The highest BCUT2D eigenvalue weighted by Crippen LogP contribution is 2.17. The Morgan fingerprint density at radius 1 is 1.40 bits per heavy atom. The summed E-state index contributed by atoms with van der Waals surface area (Å²) >= 11 is 5.86. The standard InChI is InChI=1S/C9H13ClN4O/c1-5-6(2)14-9(8(10)13-5)12-4-3-7(11)15/h3-4H2,1-2H3,(H2,11,15)(H,12,14). The Morgan fingerprint density at radius 3 is 2.60 bits per heavy atom. The predicted molar refractivity (Wildman–Crippen MR) is 58.8 cm³/mol. The van der Waals surface area contributed by atoms with Crippen LogP contribution in [-0.4, -0.2) is 22.4 Å². The number of aryl methyl sites for hydroxylation is 2. The minimum Gasteiger partial charge on any atom is -0.370 e. The number of nitrogens with zero attached hydrogens (tertiary/aromatic N) is 2. The van der Waals surface area contributed by atoms with Gasteiger partial charge < -0.3 is 11.1 Å². The topological polar surface area (TPSA) is 80.9 Å². The Balaban J connectivity index is 2.69. The monoisotopic (exact) mass is 228 g/mol. The zero-order chi connectivity index (χ0) is 11.4. The van der Waals surface area contributed by atoms with Gasteiger partial charge in [0.1, 0.15) is 0 Å². The van der Waals surface area contributed by atoms with Gasteiger partial charge in [-0.05, 0) is 13.8 Å². The average molecular weight is 229 g/mol. The summed E-state index contributed by atoms with van der Waals surface area (Å²) in [7, 11) is 0. The van der Waals surface area contributed by atoms with Crippen LogP contribution < -0.4 is 11.1 Å². The molecule has 5 nitrogen and oxygen atoms in total. The maximum atomic E-state index is 10.5. The molecule has 0 radical (unpaired) electrons. The highest BCUT2D eigenvalue weighted by atomic mass is 35.5. The number of nitrogens with two attached hydrogens (primary N) is 1. The van der Waals surface area contributed by atoms with Gasteiger partial charge in [-0.2, -0.15) is 0 Å². The highest BCUT2D eigenvalue weighted by Gasteiger charge is 2.06. The minimum atomic E-state index is -0.365. The number of amides is 1. The van der Waals surface area contributed by atoms with E-state index in [4.69, 9.17) is 17.3 Å². The first-order valence-electron chi connectivity index (χ1n) is 4.53. The van der Waals surface area contributed by atoms with Gasteiger partial charge in [-0.1, -0.05) is 11.6 Å². The predicted octanol–water partition coefficient (Wildman–Crippen LogP) is 1.03. The van der Waals surface area contributed by atoms with Crippen molar-refractivity contribution >= 4 is 23.3 Å². The molecule has 0 aliphatic carbocycles. The SMILES string of the molecule is Cc1nc(Cl)c(NCCC(N)=O)nc1C. The van der Waals surface area contributed by atoms with Gasteiger partial charge in [-0.25, -0.2) is 9.97 Å².